The molecule has 18 heavy (non-hydrogen) atoms. The van der Waals surface area contributed by atoms with E-state index in [1.54, 1.807) is 12.5 Å². The van der Waals surface area contributed by atoms with E-state index >= 15 is 0 Å². The maximum absolute atomic E-state index is 12.0. The van der Waals surface area contributed by atoms with E-state index in [0.717, 1.165) is 18.8 Å². The first kappa shape index (κ1) is 13.1. The minimum atomic E-state index is -0.0710. The van der Waals surface area contributed by atoms with Gasteiger partial charge in [0.1, 0.15) is 5.69 Å². The SMILES string of the molecule is CCC(CC1CC1)NC(=O)c1cn(CCN)cn1. The Balaban J connectivity index is 1.88. The van der Waals surface area contributed by atoms with Crippen LogP contribution in [0.4, 0.5) is 0 Å². The van der Waals surface area contributed by atoms with Crippen LogP contribution in [-0.2, 0) is 6.54 Å². The highest BCUT2D eigenvalue weighted by atomic mass is 16.2. The van der Waals surface area contributed by atoms with Gasteiger partial charge in [-0.05, 0) is 18.8 Å². The van der Waals surface area contributed by atoms with Crippen molar-refractivity contribution in [3.63, 3.8) is 0 Å². The van der Waals surface area contributed by atoms with Crippen LogP contribution < -0.4 is 11.1 Å². The Kier molecular flexibility index (Phi) is 4.36. The lowest BCUT2D eigenvalue weighted by molar-refractivity contribution is 0.0928. The smallest absolute Gasteiger partial charge is 0.271 e. The molecule has 1 fully saturated rings. The van der Waals surface area contributed by atoms with E-state index in [1.807, 2.05) is 4.57 Å². The van der Waals surface area contributed by atoms with Gasteiger partial charge in [-0.3, -0.25) is 4.79 Å². The lowest BCUT2D eigenvalue weighted by Crippen LogP contribution is -2.35. The molecule has 1 heterocycles. The van der Waals surface area contributed by atoms with Crippen LogP contribution in [0.5, 0.6) is 0 Å². The summed E-state index contributed by atoms with van der Waals surface area (Å²) in [5, 5.41) is 3.06. The van der Waals surface area contributed by atoms with Crippen LogP contribution in [0.15, 0.2) is 12.5 Å². The molecule has 3 N–H and O–H groups in total. The molecule has 0 bridgehead atoms. The van der Waals surface area contributed by atoms with E-state index in [-0.39, 0.29) is 11.9 Å². The molecule has 1 aromatic rings. The Morgan fingerprint density at radius 2 is 2.44 bits per heavy atom. The Morgan fingerprint density at radius 1 is 1.67 bits per heavy atom. The number of carbonyl (C=O) groups excluding carboxylic acids is 1. The molecule has 1 atom stereocenters. The number of amides is 1. The summed E-state index contributed by atoms with van der Waals surface area (Å²) in [6.07, 6.45) is 8.13. The highest BCUT2D eigenvalue weighted by molar-refractivity contribution is 5.92. The van der Waals surface area contributed by atoms with E-state index in [2.05, 4.69) is 17.2 Å². The van der Waals surface area contributed by atoms with Crippen molar-refractivity contribution in [2.45, 2.75) is 45.2 Å². The lowest BCUT2D eigenvalue weighted by Gasteiger charge is -2.15. The molecule has 5 heteroatoms. The van der Waals surface area contributed by atoms with Crippen LogP contribution in [0.25, 0.3) is 0 Å². The number of carbonyl (C=O) groups is 1. The van der Waals surface area contributed by atoms with E-state index in [1.165, 1.54) is 12.8 Å². The predicted molar refractivity (Wildman–Crippen MR) is 70.2 cm³/mol. The van der Waals surface area contributed by atoms with Crippen molar-refractivity contribution in [3.8, 4) is 0 Å². The summed E-state index contributed by atoms with van der Waals surface area (Å²) in [5.74, 6) is 0.753. The van der Waals surface area contributed by atoms with Gasteiger partial charge in [0.05, 0.1) is 6.33 Å². The first-order valence-electron chi connectivity index (χ1n) is 6.75. The van der Waals surface area contributed by atoms with Crippen molar-refractivity contribution in [1.82, 2.24) is 14.9 Å². The number of hydrogen-bond donors (Lipinski definition) is 2. The molecular formula is C13H22N4O. The second-order valence-corrected chi connectivity index (χ2v) is 5.04. The molecule has 1 amide bonds. The van der Waals surface area contributed by atoms with Crippen LogP contribution in [0.1, 0.15) is 43.1 Å². The molecule has 0 radical (unpaired) electrons. The maximum atomic E-state index is 12.0. The molecule has 0 aromatic carbocycles. The number of nitrogens with zero attached hydrogens (tertiary/aromatic N) is 2. The third-order valence-corrected chi connectivity index (χ3v) is 3.40. The fraction of sp³-hybridized carbons (Fsp3) is 0.692. The summed E-state index contributed by atoms with van der Waals surface area (Å²) in [6, 6.07) is 0.282. The van der Waals surface area contributed by atoms with E-state index in [9.17, 15) is 4.79 Å². The molecule has 1 unspecified atom stereocenters. The van der Waals surface area contributed by atoms with E-state index in [4.69, 9.17) is 5.73 Å². The minimum Gasteiger partial charge on any atom is -0.348 e. The van der Waals surface area contributed by atoms with Gasteiger partial charge < -0.3 is 15.6 Å². The van der Waals surface area contributed by atoms with Crippen molar-refractivity contribution in [2.75, 3.05) is 6.54 Å². The topological polar surface area (TPSA) is 72.9 Å². The van der Waals surface area contributed by atoms with Gasteiger partial charge in [0, 0.05) is 25.3 Å². The van der Waals surface area contributed by atoms with Gasteiger partial charge in [-0.1, -0.05) is 19.8 Å². The zero-order valence-corrected chi connectivity index (χ0v) is 10.9. The maximum Gasteiger partial charge on any atom is 0.271 e. The normalized spacial score (nSPS) is 16.6. The highest BCUT2D eigenvalue weighted by Gasteiger charge is 2.25. The van der Waals surface area contributed by atoms with Crippen molar-refractivity contribution in [2.24, 2.45) is 11.7 Å². The second-order valence-electron chi connectivity index (χ2n) is 5.04. The van der Waals surface area contributed by atoms with Crippen LogP contribution in [0.2, 0.25) is 0 Å². The third kappa shape index (κ3) is 3.57. The van der Waals surface area contributed by atoms with E-state index in [0.29, 0.717) is 18.8 Å². The van der Waals surface area contributed by atoms with Crippen molar-refractivity contribution in [1.29, 1.82) is 0 Å². The van der Waals surface area contributed by atoms with Gasteiger partial charge in [0.2, 0.25) is 0 Å². The second kappa shape index (κ2) is 6.00. The fourth-order valence-electron chi connectivity index (χ4n) is 2.09. The zero-order chi connectivity index (χ0) is 13.0. The summed E-state index contributed by atoms with van der Waals surface area (Å²) < 4.78 is 1.84. The molecule has 0 saturated heterocycles. The number of aromatic nitrogens is 2. The van der Waals surface area contributed by atoms with Gasteiger partial charge in [0.25, 0.3) is 5.91 Å². The summed E-state index contributed by atoms with van der Waals surface area (Å²) in [5.41, 5.74) is 5.94. The Hall–Kier alpha value is -1.36. The fourth-order valence-corrected chi connectivity index (χ4v) is 2.09. The number of imidazole rings is 1. The van der Waals surface area contributed by atoms with Gasteiger partial charge in [0.15, 0.2) is 0 Å². The zero-order valence-electron chi connectivity index (χ0n) is 10.9. The standard InChI is InChI=1S/C13H22N4O/c1-2-11(7-10-3-4-10)16-13(18)12-8-17(6-5-14)9-15-12/h8-11H,2-7,14H2,1H3,(H,16,18). The van der Waals surface area contributed by atoms with Crippen molar-refractivity contribution in [3.05, 3.63) is 18.2 Å². The Labute approximate surface area is 108 Å². The number of nitrogens with one attached hydrogen (secondary N) is 1. The van der Waals surface area contributed by atoms with Gasteiger partial charge >= 0.3 is 0 Å². The third-order valence-electron chi connectivity index (χ3n) is 3.40. The van der Waals surface area contributed by atoms with Crippen LogP contribution in [0.3, 0.4) is 0 Å². The number of rotatable bonds is 7. The summed E-state index contributed by atoms with van der Waals surface area (Å²) in [4.78, 5) is 16.1. The quantitative estimate of drug-likeness (QED) is 0.762. The van der Waals surface area contributed by atoms with Crippen molar-refractivity contribution >= 4 is 5.91 Å². The monoisotopic (exact) mass is 250 g/mol. The lowest BCUT2D eigenvalue weighted by atomic mass is 10.1. The largest absolute Gasteiger partial charge is 0.348 e. The molecular weight excluding hydrogens is 228 g/mol. The Bertz CT molecular complexity index is 397. The van der Waals surface area contributed by atoms with Crippen LogP contribution in [0, 0.1) is 5.92 Å². The summed E-state index contributed by atoms with van der Waals surface area (Å²) in [7, 11) is 0. The number of nitrogens with two attached hydrogens (primary N) is 1. The van der Waals surface area contributed by atoms with Crippen LogP contribution >= 0.6 is 0 Å². The first-order valence-corrected chi connectivity index (χ1v) is 6.75. The minimum absolute atomic E-state index is 0.0710. The molecule has 0 spiro atoms. The molecule has 2 rings (SSSR count). The molecule has 1 aromatic heterocycles. The van der Waals surface area contributed by atoms with Gasteiger partial charge in [-0.25, -0.2) is 4.98 Å². The highest BCUT2D eigenvalue weighted by Crippen LogP contribution is 2.34. The average Bonchev–Trinajstić information content (AvgIpc) is 3.05. The number of hydrogen-bond acceptors (Lipinski definition) is 3. The molecule has 1 aliphatic carbocycles. The summed E-state index contributed by atoms with van der Waals surface area (Å²) in [6.45, 7) is 3.36. The molecule has 1 aliphatic rings. The van der Waals surface area contributed by atoms with E-state index < -0.39 is 0 Å². The first-order chi connectivity index (χ1) is 8.72. The summed E-state index contributed by atoms with van der Waals surface area (Å²) >= 11 is 0. The molecule has 0 aliphatic heterocycles. The average molecular weight is 250 g/mol. The predicted octanol–water partition coefficient (Wildman–Crippen LogP) is 1.15. The van der Waals surface area contributed by atoms with Gasteiger partial charge in [-0.15, -0.1) is 0 Å². The molecule has 1 saturated carbocycles. The molecule has 5 nitrogen and oxygen atoms in total. The van der Waals surface area contributed by atoms with Crippen molar-refractivity contribution < 1.29 is 4.79 Å². The van der Waals surface area contributed by atoms with Crippen LogP contribution in [-0.4, -0.2) is 28.0 Å². The Morgan fingerprint density at radius 3 is 3.06 bits per heavy atom. The van der Waals surface area contributed by atoms with Gasteiger partial charge in [-0.2, -0.15) is 0 Å². The molecule has 100 valence electrons.